The van der Waals surface area contributed by atoms with Gasteiger partial charge in [0, 0.05) is 17.2 Å². The van der Waals surface area contributed by atoms with E-state index in [1.165, 1.54) is 19.2 Å². The molecular weight excluding hydrogens is 390 g/mol. The van der Waals surface area contributed by atoms with Crippen LogP contribution in [0.1, 0.15) is 30.9 Å². The maximum absolute atomic E-state index is 11.9. The zero-order valence-corrected chi connectivity index (χ0v) is 17.5. The first kappa shape index (κ1) is 21.2. The molecule has 1 aromatic carbocycles. The Morgan fingerprint density at radius 3 is 2.55 bits per heavy atom. The van der Waals surface area contributed by atoms with Gasteiger partial charge in [0.25, 0.3) is 0 Å². The first-order valence-electron chi connectivity index (χ1n) is 9.47. The second kappa shape index (κ2) is 8.48. The summed E-state index contributed by atoms with van der Waals surface area (Å²) in [7, 11) is -2.18. The Balaban J connectivity index is 1.85. The largest absolute Gasteiger partial charge is 0.492 e. The monoisotopic (exact) mass is 417 g/mol. The summed E-state index contributed by atoms with van der Waals surface area (Å²) < 4.78 is 32.2. The van der Waals surface area contributed by atoms with Crippen molar-refractivity contribution in [2.24, 2.45) is 5.41 Å². The molecule has 1 fully saturated rings. The molecule has 9 heteroatoms. The number of hydrogen-bond donors (Lipinski definition) is 4. The predicted molar refractivity (Wildman–Crippen MR) is 113 cm³/mol. The molecule has 0 unspecified atom stereocenters. The third kappa shape index (κ3) is 4.75. The van der Waals surface area contributed by atoms with Crippen LogP contribution in [0.4, 0.5) is 5.82 Å². The van der Waals surface area contributed by atoms with Gasteiger partial charge in [-0.1, -0.05) is 19.1 Å². The maximum atomic E-state index is 11.9. The fourth-order valence-corrected chi connectivity index (χ4v) is 4.05. The number of hydrogen-bond acceptors (Lipinski definition) is 7. The Labute approximate surface area is 171 Å². The molecule has 2 heterocycles. The van der Waals surface area contributed by atoms with E-state index in [0.717, 1.165) is 25.9 Å². The van der Waals surface area contributed by atoms with Crippen molar-refractivity contribution in [3.63, 3.8) is 0 Å². The highest BCUT2D eigenvalue weighted by Gasteiger charge is 2.28. The molecule has 156 valence electrons. The number of anilines is 1. The van der Waals surface area contributed by atoms with E-state index >= 15 is 0 Å². The third-order valence-electron chi connectivity index (χ3n) is 5.30. The summed E-state index contributed by atoms with van der Waals surface area (Å²) in [6.45, 7) is 4.65. The summed E-state index contributed by atoms with van der Waals surface area (Å²) in [6.07, 6.45) is 3.60. The molecule has 1 saturated heterocycles. The standard InChI is InChI=1S/C20H27N5O3S/c1-20(8-11-24-12-9-20)13-28-16-7-10-25-19(22)17(16)18(21)14-3-5-15(6-4-14)29(26,27)23-2/h3-7,10,21,23-24H,8-9,11-13H2,1-2H3,(H2,22,25). The van der Waals surface area contributed by atoms with Crippen molar-refractivity contribution in [1.82, 2.24) is 15.0 Å². The average molecular weight is 418 g/mol. The number of pyridine rings is 1. The van der Waals surface area contributed by atoms with E-state index in [9.17, 15) is 8.42 Å². The summed E-state index contributed by atoms with van der Waals surface area (Å²) in [6, 6.07) is 7.79. The number of aromatic nitrogens is 1. The number of nitrogens with zero attached hydrogens (tertiary/aromatic N) is 1. The van der Waals surface area contributed by atoms with Gasteiger partial charge in [-0.25, -0.2) is 18.1 Å². The first-order valence-corrected chi connectivity index (χ1v) is 10.9. The number of rotatable bonds is 7. The third-order valence-corrected chi connectivity index (χ3v) is 6.73. The quantitative estimate of drug-likeness (QED) is 0.508. The molecule has 0 radical (unpaired) electrons. The molecule has 1 aromatic heterocycles. The van der Waals surface area contributed by atoms with Crippen LogP contribution < -0.4 is 20.5 Å². The summed E-state index contributed by atoms with van der Waals surface area (Å²) >= 11 is 0. The van der Waals surface area contributed by atoms with Crippen LogP contribution in [-0.4, -0.2) is 45.9 Å². The van der Waals surface area contributed by atoms with Crippen LogP contribution >= 0.6 is 0 Å². The number of nitrogens with one attached hydrogen (secondary N) is 3. The summed E-state index contributed by atoms with van der Waals surface area (Å²) in [5.41, 5.74) is 7.21. The maximum Gasteiger partial charge on any atom is 0.240 e. The van der Waals surface area contributed by atoms with Crippen molar-refractivity contribution in [3.8, 4) is 5.75 Å². The minimum Gasteiger partial charge on any atom is -0.492 e. The molecular formula is C20H27N5O3S. The van der Waals surface area contributed by atoms with Gasteiger partial charge in [0.15, 0.2) is 0 Å². The van der Waals surface area contributed by atoms with E-state index in [1.54, 1.807) is 24.4 Å². The molecule has 29 heavy (non-hydrogen) atoms. The van der Waals surface area contributed by atoms with Gasteiger partial charge in [0.05, 0.1) is 22.8 Å². The minimum atomic E-state index is -3.54. The van der Waals surface area contributed by atoms with Gasteiger partial charge >= 0.3 is 0 Å². The van der Waals surface area contributed by atoms with Crippen molar-refractivity contribution in [1.29, 1.82) is 5.41 Å². The van der Waals surface area contributed by atoms with Gasteiger partial charge in [0.2, 0.25) is 10.0 Å². The number of nitrogens with two attached hydrogens (primary N) is 1. The topological polar surface area (TPSA) is 130 Å². The lowest BCUT2D eigenvalue weighted by molar-refractivity contribution is 0.123. The molecule has 2 aromatic rings. The SMILES string of the molecule is CNS(=O)(=O)c1ccc(C(=N)c2c(OCC3(C)CCNCC3)ccnc2N)cc1. The van der Waals surface area contributed by atoms with Crippen molar-refractivity contribution in [3.05, 3.63) is 47.7 Å². The molecule has 1 aliphatic heterocycles. The highest BCUT2D eigenvalue weighted by atomic mass is 32.2. The van der Waals surface area contributed by atoms with Gasteiger partial charge in [0.1, 0.15) is 11.6 Å². The van der Waals surface area contributed by atoms with Gasteiger partial charge in [-0.05, 0) is 51.2 Å². The van der Waals surface area contributed by atoms with Gasteiger partial charge in [-0.3, -0.25) is 5.41 Å². The fourth-order valence-electron chi connectivity index (χ4n) is 3.32. The van der Waals surface area contributed by atoms with E-state index in [-0.39, 0.29) is 21.8 Å². The molecule has 0 spiro atoms. The number of benzene rings is 1. The normalized spacial score (nSPS) is 16.3. The van der Waals surface area contributed by atoms with Crippen LogP contribution in [0.5, 0.6) is 5.75 Å². The van der Waals surface area contributed by atoms with E-state index in [4.69, 9.17) is 15.9 Å². The molecule has 5 N–H and O–H groups in total. The lowest BCUT2D eigenvalue weighted by Gasteiger charge is -2.34. The molecule has 8 nitrogen and oxygen atoms in total. The van der Waals surface area contributed by atoms with Crippen LogP contribution in [0, 0.1) is 10.8 Å². The number of piperidine rings is 1. The lowest BCUT2D eigenvalue weighted by Crippen LogP contribution is -2.38. The van der Waals surface area contributed by atoms with Crippen LogP contribution in [0.15, 0.2) is 41.4 Å². The zero-order valence-electron chi connectivity index (χ0n) is 16.7. The summed E-state index contributed by atoms with van der Waals surface area (Å²) in [4.78, 5) is 4.24. The van der Waals surface area contributed by atoms with Crippen LogP contribution in [0.25, 0.3) is 0 Å². The zero-order chi connectivity index (χ0) is 21.1. The number of nitrogen functional groups attached to an aromatic ring is 1. The van der Waals surface area contributed by atoms with E-state index in [2.05, 4.69) is 21.9 Å². The first-order chi connectivity index (χ1) is 13.8. The van der Waals surface area contributed by atoms with Crippen molar-refractivity contribution in [2.45, 2.75) is 24.7 Å². The Bertz CT molecular complexity index is 984. The lowest BCUT2D eigenvalue weighted by atomic mass is 9.82. The van der Waals surface area contributed by atoms with E-state index in [1.807, 2.05) is 0 Å². The highest BCUT2D eigenvalue weighted by molar-refractivity contribution is 7.89. The Kier molecular flexibility index (Phi) is 6.21. The van der Waals surface area contributed by atoms with Crippen LogP contribution in [0.3, 0.4) is 0 Å². The second-order valence-electron chi connectivity index (χ2n) is 7.53. The van der Waals surface area contributed by atoms with E-state index in [0.29, 0.717) is 23.5 Å². The van der Waals surface area contributed by atoms with Crippen molar-refractivity contribution in [2.75, 3.05) is 32.5 Å². The molecule has 3 rings (SSSR count). The van der Waals surface area contributed by atoms with Gasteiger partial charge < -0.3 is 15.8 Å². The van der Waals surface area contributed by atoms with Crippen molar-refractivity contribution < 1.29 is 13.2 Å². The van der Waals surface area contributed by atoms with Gasteiger partial charge in [-0.2, -0.15) is 0 Å². The molecule has 0 saturated carbocycles. The predicted octanol–water partition coefficient (Wildman–Crippen LogP) is 1.76. The fraction of sp³-hybridized carbons (Fsp3) is 0.400. The average Bonchev–Trinajstić information content (AvgIpc) is 2.72. The molecule has 0 amide bonds. The molecule has 0 aliphatic carbocycles. The van der Waals surface area contributed by atoms with Crippen molar-refractivity contribution >= 4 is 21.6 Å². The number of sulfonamides is 1. The Hall–Kier alpha value is -2.49. The second-order valence-corrected chi connectivity index (χ2v) is 9.41. The van der Waals surface area contributed by atoms with Gasteiger partial charge in [-0.15, -0.1) is 0 Å². The Morgan fingerprint density at radius 1 is 1.28 bits per heavy atom. The smallest absolute Gasteiger partial charge is 0.240 e. The highest BCUT2D eigenvalue weighted by Crippen LogP contribution is 2.32. The minimum absolute atomic E-state index is 0.0614. The molecule has 0 atom stereocenters. The van der Waals surface area contributed by atoms with Crippen LogP contribution in [0.2, 0.25) is 0 Å². The number of ether oxygens (including phenoxy) is 1. The van der Waals surface area contributed by atoms with Crippen LogP contribution in [-0.2, 0) is 10.0 Å². The Morgan fingerprint density at radius 2 is 1.93 bits per heavy atom. The summed E-state index contributed by atoms with van der Waals surface area (Å²) in [5.74, 6) is 0.712. The van der Waals surface area contributed by atoms with E-state index < -0.39 is 10.0 Å². The molecule has 1 aliphatic rings. The summed E-state index contributed by atoms with van der Waals surface area (Å²) in [5, 5.41) is 12.0. The molecule has 0 bridgehead atoms.